The van der Waals surface area contributed by atoms with Crippen molar-refractivity contribution in [1.29, 1.82) is 0 Å². The molecule has 5 rings (SSSR count). The van der Waals surface area contributed by atoms with Crippen LogP contribution in [0.25, 0.3) is 22.9 Å². The molecule has 0 saturated carbocycles. The van der Waals surface area contributed by atoms with Crippen molar-refractivity contribution in [2.75, 3.05) is 31.2 Å². The van der Waals surface area contributed by atoms with Gasteiger partial charge >= 0.3 is 0 Å². The number of rotatable bonds is 5. The number of morpholine rings is 1. The Labute approximate surface area is 171 Å². The second-order valence-electron chi connectivity index (χ2n) is 6.91. The first-order valence-corrected chi connectivity index (χ1v) is 9.65. The van der Waals surface area contributed by atoms with Crippen LogP contribution in [0.2, 0.25) is 0 Å². The standard InChI is InChI=1S/C21H19FN6O2/c22-17-4-2-1-3-15(17)14-28-20(18-5-8-30-26-18)11-19(25-28)21-23-12-16(13-24-21)27-6-9-29-10-7-27/h1-5,8,11-13H,6-7,9-10,14H2. The minimum atomic E-state index is -0.285. The van der Waals surface area contributed by atoms with Crippen LogP contribution in [-0.4, -0.2) is 51.2 Å². The Morgan fingerprint density at radius 1 is 1.00 bits per heavy atom. The quantitative estimate of drug-likeness (QED) is 0.504. The number of benzene rings is 1. The molecule has 0 N–H and O–H groups in total. The van der Waals surface area contributed by atoms with Crippen molar-refractivity contribution in [2.45, 2.75) is 6.54 Å². The third kappa shape index (κ3) is 3.67. The van der Waals surface area contributed by atoms with E-state index in [1.807, 2.05) is 6.07 Å². The predicted octanol–water partition coefficient (Wildman–Crippen LogP) is 3.02. The minimum Gasteiger partial charge on any atom is -0.378 e. The maximum atomic E-state index is 14.2. The van der Waals surface area contributed by atoms with E-state index >= 15 is 0 Å². The third-order valence-corrected chi connectivity index (χ3v) is 5.00. The Morgan fingerprint density at radius 3 is 2.53 bits per heavy atom. The van der Waals surface area contributed by atoms with Crippen LogP contribution < -0.4 is 4.90 Å². The summed E-state index contributed by atoms with van der Waals surface area (Å²) in [4.78, 5) is 11.2. The molecule has 1 aliphatic rings. The number of aromatic nitrogens is 5. The molecule has 4 aromatic rings. The number of anilines is 1. The zero-order valence-electron chi connectivity index (χ0n) is 16.1. The van der Waals surface area contributed by atoms with E-state index in [9.17, 15) is 4.39 Å². The Balaban J connectivity index is 1.47. The molecule has 1 fully saturated rings. The number of halogens is 1. The Morgan fingerprint density at radius 2 is 1.80 bits per heavy atom. The van der Waals surface area contributed by atoms with Gasteiger partial charge in [0, 0.05) is 24.7 Å². The molecule has 1 aliphatic heterocycles. The molecule has 0 aliphatic carbocycles. The zero-order valence-corrected chi connectivity index (χ0v) is 16.1. The fraction of sp³-hybridized carbons (Fsp3) is 0.238. The van der Waals surface area contributed by atoms with Crippen molar-refractivity contribution >= 4 is 5.69 Å². The summed E-state index contributed by atoms with van der Waals surface area (Å²) >= 11 is 0. The molecule has 0 amide bonds. The first-order chi connectivity index (χ1) is 14.8. The average Bonchev–Trinajstić information content (AvgIpc) is 3.46. The molecule has 0 atom stereocenters. The van der Waals surface area contributed by atoms with Gasteiger partial charge in [0.2, 0.25) is 0 Å². The van der Waals surface area contributed by atoms with Crippen LogP contribution in [0.5, 0.6) is 0 Å². The van der Waals surface area contributed by atoms with Crippen LogP contribution in [0.15, 0.2) is 59.6 Å². The van der Waals surface area contributed by atoms with Crippen LogP contribution in [0.1, 0.15) is 5.56 Å². The van der Waals surface area contributed by atoms with Gasteiger partial charge in [0.1, 0.15) is 23.5 Å². The van der Waals surface area contributed by atoms with Crippen molar-refractivity contribution in [1.82, 2.24) is 24.9 Å². The average molecular weight is 406 g/mol. The van der Waals surface area contributed by atoms with Crippen molar-refractivity contribution in [3.63, 3.8) is 0 Å². The van der Waals surface area contributed by atoms with E-state index in [0.717, 1.165) is 18.8 Å². The summed E-state index contributed by atoms with van der Waals surface area (Å²) in [7, 11) is 0. The van der Waals surface area contributed by atoms with Crippen LogP contribution in [0, 0.1) is 5.82 Å². The van der Waals surface area contributed by atoms with Crippen LogP contribution >= 0.6 is 0 Å². The SMILES string of the molecule is Fc1ccccc1Cn1nc(-c2ncc(N3CCOCC3)cn2)cc1-c1ccon1. The fourth-order valence-electron chi connectivity index (χ4n) is 3.42. The van der Waals surface area contributed by atoms with Gasteiger partial charge in [-0.05, 0) is 12.1 Å². The first-order valence-electron chi connectivity index (χ1n) is 9.65. The van der Waals surface area contributed by atoms with E-state index in [-0.39, 0.29) is 12.4 Å². The molecule has 0 unspecified atom stereocenters. The zero-order chi connectivity index (χ0) is 20.3. The second-order valence-corrected chi connectivity index (χ2v) is 6.91. The molecule has 0 spiro atoms. The van der Waals surface area contributed by atoms with Gasteiger partial charge in [-0.3, -0.25) is 4.68 Å². The summed E-state index contributed by atoms with van der Waals surface area (Å²) in [6.07, 6.45) is 5.07. The van der Waals surface area contributed by atoms with Crippen molar-refractivity contribution in [3.8, 4) is 22.9 Å². The van der Waals surface area contributed by atoms with Crippen molar-refractivity contribution < 1.29 is 13.7 Å². The topological polar surface area (TPSA) is 82.1 Å². The predicted molar refractivity (Wildman–Crippen MR) is 107 cm³/mol. The second kappa shape index (κ2) is 8.03. The van der Waals surface area contributed by atoms with Gasteiger partial charge in [0.05, 0.1) is 43.5 Å². The van der Waals surface area contributed by atoms with Gasteiger partial charge < -0.3 is 14.2 Å². The molecular formula is C21H19FN6O2. The molecule has 3 aromatic heterocycles. The third-order valence-electron chi connectivity index (χ3n) is 5.00. The lowest BCUT2D eigenvalue weighted by Gasteiger charge is -2.28. The van der Waals surface area contributed by atoms with E-state index in [1.54, 1.807) is 41.3 Å². The normalized spacial score (nSPS) is 14.2. The smallest absolute Gasteiger partial charge is 0.180 e. The molecule has 30 heavy (non-hydrogen) atoms. The Kier molecular flexibility index (Phi) is 4.94. The summed E-state index contributed by atoms with van der Waals surface area (Å²) in [5, 5.41) is 8.63. The van der Waals surface area contributed by atoms with Crippen molar-refractivity contribution in [3.05, 3.63) is 66.4 Å². The number of hydrogen-bond donors (Lipinski definition) is 0. The molecule has 0 bridgehead atoms. The highest BCUT2D eigenvalue weighted by molar-refractivity contribution is 5.63. The fourth-order valence-corrected chi connectivity index (χ4v) is 3.42. The summed E-state index contributed by atoms with van der Waals surface area (Å²) in [5.74, 6) is 0.204. The monoisotopic (exact) mass is 406 g/mol. The Hall–Kier alpha value is -3.59. The highest BCUT2D eigenvalue weighted by Crippen LogP contribution is 2.25. The first kappa shape index (κ1) is 18.4. The van der Waals surface area contributed by atoms with Crippen LogP contribution in [-0.2, 0) is 11.3 Å². The van der Waals surface area contributed by atoms with Gasteiger partial charge in [0.15, 0.2) is 5.82 Å². The van der Waals surface area contributed by atoms with E-state index in [2.05, 4.69) is 25.1 Å². The van der Waals surface area contributed by atoms with Gasteiger partial charge in [-0.15, -0.1) is 0 Å². The molecular weight excluding hydrogens is 387 g/mol. The molecule has 8 nitrogen and oxygen atoms in total. The van der Waals surface area contributed by atoms with E-state index in [4.69, 9.17) is 9.26 Å². The summed E-state index contributed by atoms with van der Waals surface area (Å²) < 4.78 is 26.2. The van der Waals surface area contributed by atoms with Gasteiger partial charge in [-0.2, -0.15) is 5.10 Å². The van der Waals surface area contributed by atoms with Gasteiger partial charge in [-0.1, -0.05) is 23.4 Å². The number of hydrogen-bond acceptors (Lipinski definition) is 7. The maximum Gasteiger partial charge on any atom is 0.180 e. The molecule has 1 aromatic carbocycles. The number of ether oxygens (including phenoxy) is 1. The molecule has 9 heteroatoms. The summed E-state index contributed by atoms with van der Waals surface area (Å²) in [6.45, 7) is 3.28. The van der Waals surface area contributed by atoms with E-state index in [1.165, 1.54) is 12.3 Å². The lowest BCUT2D eigenvalue weighted by molar-refractivity contribution is 0.122. The summed E-state index contributed by atoms with van der Waals surface area (Å²) in [6, 6.07) is 10.2. The Bertz CT molecular complexity index is 1120. The molecule has 152 valence electrons. The highest BCUT2D eigenvalue weighted by atomic mass is 19.1. The largest absolute Gasteiger partial charge is 0.378 e. The lowest BCUT2D eigenvalue weighted by atomic mass is 10.2. The van der Waals surface area contributed by atoms with Gasteiger partial charge in [0.25, 0.3) is 0 Å². The van der Waals surface area contributed by atoms with Crippen LogP contribution in [0.4, 0.5) is 10.1 Å². The number of nitrogens with zero attached hydrogens (tertiary/aromatic N) is 6. The highest BCUT2D eigenvalue weighted by Gasteiger charge is 2.18. The molecule has 1 saturated heterocycles. The molecule has 4 heterocycles. The minimum absolute atomic E-state index is 0.251. The van der Waals surface area contributed by atoms with Crippen molar-refractivity contribution in [2.24, 2.45) is 0 Å². The van der Waals surface area contributed by atoms with Crippen LogP contribution in [0.3, 0.4) is 0 Å². The maximum absolute atomic E-state index is 14.2. The van der Waals surface area contributed by atoms with E-state index < -0.39 is 0 Å². The van der Waals surface area contributed by atoms with E-state index in [0.29, 0.717) is 41.7 Å². The summed E-state index contributed by atoms with van der Waals surface area (Å²) in [5.41, 5.74) is 3.36. The molecule has 0 radical (unpaired) electrons. The van der Waals surface area contributed by atoms with Gasteiger partial charge in [-0.25, -0.2) is 14.4 Å². The lowest BCUT2D eigenvalue weighted by Crippen LogP contribution is -2.36.